The maximum Gasteiger partial charge on any atom is 0.324 e. The number of aliphatic carboxylic acids is 1. The summed E-state index contributed by atoms with van der Waals surface area (Å²) >= 11 is 11.4. The first-order valence-electron chi connectivity index (χ1n) is 4.14. The summed E-state index contributed by atoms with van der Waals surface area (Å²) in [6.45, 7) is -0.594. The van der Waals surface area contributed by atoms with Gasteiger partial charge in [0.2, 0.25) is 0 Å². The van der Waals surface area contributed by atoms with Crippen LogP contribution in [0, 0.1) is 0 Å². The van der Waals surface area contributed by atoms with Crippen molar-refractivity contribution in [3.05, 3.63) is 33.8 Å². The molecule has 0 radical (unpaired) electrons. The first-order chi connectivity index (χ1) is 7.40. The van der Waals surface area contributed by atoms with Gasteiger partial charge in [0.05, 0.1) is 0 Å². The van der Waals surface area contributed by atoms with Crippen LogP contribution in [-0.2, 0) is 4.79 Å². The minimum atomic E-state index is -1.20. The number of nitrogens with zero attached hydrogens (tertiary/aromatic N) is 1. The Balaban J connectivity index is 2.91. The molecule has 0 bridgehead atoms. The van der Waals surface area contributed by atoms with Crippen molar-refractivity contribution in [2.24, 2.45) is 5.84 Å². The topological polar surface area (TPSA) is 83.6 Å². The van der Waals surface area contributed by atoms with E-state index in [9.17, 15) is 9.59 Å². The molecule has 0 heterocycles. The van der Waals surface area contributed by atoms with Crippen LogP contribution >= 0.6 is 23.2 Å². The lowest BCUT2D eigenvalue weighted by atomic mass is 10.2. The van der Waals surface area contributed by atoms with Gasteiger partial charge in [-0.1, -0.05) is 23.2 Å². The van der Waals surface area contributed by atoms with E-state index < -0.39 is 18.4 Å². The van der Waals surface area contributed by atoms with Gasteiger partial charge in [-0.15, -0.1) is 0 Å². The fourth-order valence-electron chi connectivity index (χ4n) is 1.06. The number of carboxylic acids is 1. The number of carbonyl (C=O) groups is 2. The predicted molar refractivity (Wildman–Crippen MR) is 59.3 cm³/mol. The number of nitrogens with two attached hydrogens (primary N) is 1. The lowest BCUT2D eigenvalue weighted by molar-refractivity contribution is -0.137. The van der Waals surface area contributed by atoms with E-state index in [0.29, 0.717) is 5.01 Å². The number of carboxylic acid groups (broad SMARTS) is 1. The molecule has 0 spiro atoms. The van der Waals surface area contributed by atoms with E-state index in [1.807, 2.05) is 0 Å². The molecule has 0 aliphatic heterocycles. The molecule has 1 aromatic rings. The molecule has 3 N–H and O–H groups in total. The summed E-state index contributed by atoms with van der Waals surface area (Å²) < 4.78 is 0. The Labute approximate surface area is 101 Å². The van der Waals surface area contributed by atoms with E-state index in [4.69, 9.17) is 34.2 Å². The van der Waals surface area contributed by atoms with Gasteiger partial charge >= 0.3 is 5.97 Å². The standard InChI is InChI=1S/C9H8Cl2N2O3/c10-6-1-5(2-7(11)3-6)9(16)13(12)4-8(14)15/h1-3H,4,12H2,(H,14,15). The Morgan fingerprint density at radius 2 is 1.75 bits per heavy atom. The van der Waals surface area contributed by atoms with Crippen LogP contribution in [0.25, 0.3) is 0 Å². The highest BCUT2D eigenvalue weighted by Gasteiger charge is 2.16. The molecule has 7 heteroatoms. The largest absolute Gasteiger partial charge is 0.480 e. The monoisotopic (exact) mass is 262 g/mol. The van der Waals surface area contributed by atoms with Crippen LogP contribution in [0.2, 0.25) is 10.0 Å². The summed E-state index contributed by atoms with van der Waals surface area (Å²) in [5, 5.41) is 9.59. The zero-order chi connectivity index (χ0) is 12.3. The summed E-state index contributed by atoms with van der Waals surface area (Å²) in [4.78, 5) is 22.0. The molecule has 1 rings (SSSR count). The first-order valence-corrected chi connectivity index (χ1v) is 4.90. The summed E-state index contributed by atoms with van der Waals surface area (Å²) in [5.41, 5.74) is 0.140. The first kappa shape index (κ1) is 12.8. The summed E-state index contributed by atoms with van der Waals surface area (Å²) in [5.74, 6) is 3.40. The maximum atomic E-state index is 11.6. The van der Waals surface area contributed by atoms with E-state index in [1.165, 1.54) is 18.2 Å². The Morgan fingerprint density at radius 3 is 2.19 bits per heavy atom. The van der Waals surface area contributed by atoms with Gasteiger partial charge in [-0.3, -0.25) is 14.6 Å². The molecule has 0 aliphatic rings. The molecular formula is C9H8Cl2N2O3. The SMILES string of the molecule is NN(CC(=O)O)C(=O)c1cc(Cl)cc(Cl)c1. The molecule has 0 aliphatic carbocycles. The van der Waals surface area contributed by atoms with Crippen molar-refractivity contribution >= 4 is 35.1 Å². The average Bonchev–Trinajstić information content (AvgIpc) is 2.13. The summed E-state index contributed by atoms with van der Waals surface area (Å²) in [7, 11) is 0. The van der Waals surface area contributed by atoms with Crippen molar-refractivity contribution in [2.45, 2.75) is 0 Å². The minimum absolute atomic E-state index is 0.140. The fourth-order valence-corrected chi connectivity index (χ4v) is 1.59. The van der Waals surface area contributed by atoms with Crippen LogP contribution < -0.4 is 5.84 Å². The number of hydrogen-bond donors (Lipinski definition) is 2. The van der Waals surface area contributed by atoms with Crippen molar-refractivity contribution in [1.29, 1.82) is 0 Å². The molecule has 5 nitrogen and oxygen atoms in total. The quantitative estimate of drug-likeness (QED) is 0.490. The Hall–Kier alpha value is -1.30. The molecule has 0 unspecified atom stereocenters. The van der Waals surface area contributed by atoms with Crippen molar-refractivity contribution in [2.75, 3.05) is 6.54 Å². The number of hydrazine groups is 1. The van der Waals surface area contributed by atoms with E-state index in [1.54, 1.807) is 0 Å². The van der Waals surface area contributed by atoms with Crippen LogP contribution in [-0.4, -0.2) is 28.5 Å². The maximum absolute atomic E-state index is 11.6. The van der Waals surface area contributed by atoms with E-state index in [0.717, 1.165) is 0 Å². The number of hydrogen-bond acceptors (Lipinski definition) is 3. The second kappa shape index (κ2) is 5.16. The second-order valence-electron chi connectivity index (χ2n) is 2.98. The third-order valence-corrected chi connectivity index (χ3v) is 2.11. The van der Waals surface area contributed by atoms with Gasteiger partial charge in [0, 0.05) is 15.6 Å². The van der Waals surface area contributed by atoms with Crippen LogP contribution in [0.5, 0.6) is 0 Å². The number of amides is 1. The third-order valence-electron chi connectivity index (χ3n) is 1.68. The van der Waals surface area contributed by atoms with Gasteiger partial charge in [-0.2, -0.15) is 0 Å². The average molecular weight is 263 g/mol. The molecule has 16 heavy (non-hydrogen) atoms. The Bertz CT molecular complexity index is 417. The highest BCUT2D eigenvalue weighted by atomic mass is 35.5. The van der Waals surface area contributed by atoms with E-state index in [2.05, 4.69) is 0 Å². The minimum Gasteiger partial charge on any atom is -0.480 e. The molecule has 0 saturated heterocycles. The number of halogens is 2. The Morgan fingerprint density at radius 1 is 1.25 bits per heavy atom. The molecule has 0 aromatic heterocycles. The molecule has 0 saturated carbocycles. The lowest BCUT2D eigenvalue weighted by Crippen LogP contribution is -2.41. The lowest BCUT2D eigenvalue weighted by Gasteiger charge is -2.14. The smallest absolute Gasteiger partial charge is 0.324 e. The van der Waals surface area contributed by atoms with Crippen molar-refractivity contribution in [1.82, 2.24) is 5.01 Å². The summed E-state index contributed by atoms with van der Waals surface area (Å²) in [6.07, 6.45) is 0. The molecule has 0 atom stereocenters. The van der Waals surface area contributed by atoms with Crippen LogP contribution in [0.3, 0.4) is 0 Å². The second-order valence-corrected chi connectivity index (χ2v) is 3.86. The number of carbonyl (C=O) groups excluding carboxylic acids is 1. The van der Waals surface area contributed by atoms with E-state index in [-0.39, 0.29) is 15.6 Å². The third kappa shape index (κ3) is 3.37. The normalized spacial score (nSPS) is 9.94. The van der Waals surface area contributed by atoms with Crippen LogP contribution in [0.15, 0.2) is 18.2 Å². The zero-order valence-corrected chi connectivity index (χ0v) is 9.50. The number of benzene rings is 1. The van der Waals surface area contributed by atoms with Gasteiger partial charge in [0.25, 0.3) is 5.91 Å². The van der Waals surface area contributed by atoms with Gasteiger partial charge < -0.3 is 5.11 Å². The zero-order valence-electron chi connectivity index (χ0n) is 7.98. The van der Waals surface area contributed by atoms with E-state index >= 15 is 0 Å². The molecule has 1 amide bonds. The van der Waals surface area contributed by atoms with Gasteiger partial charge in [0.15, 0.2) is 0 Å². The summed E-state index contributed by atoms with van der Waals surface area (Å²) in [6, 6.07) is 4.17. The van der Waals surface area contributed by atoms with Crippen molar-refractivity contribution in [3.63, 3.8) is 0 Å². The molecule has 86 valence electrons. The fraction of sp³-hybridized carbons (Fsp3) is 0.111. The molecular weight excluding hydrogens is 255 g/mol. The van der Waals surface area contributed by atoms with Gasteiger partial charge in [-0.25, -0.2) is 5.84 Å². The van der Waals surface area contributed by atoms with Gasteiger partial charge in [0.1, 0.15) is 6.54 Å². The van der Waals surface area contributed by atoms with Crippen molar-refractivity contribution < 1.29 is 14.7 Å². The molecule has 0 fully saturated rings. The van der Waals surface area contributed by atoms with Crippen molar-refractivity contribution in [3.8, 4) is 0 Å². The molecule has 1 aromatic carbocycles. The van der Waals surface area contributed by atoms with Crippen LogP contribution in [0.1, 0.15) is 10.4 Å². The highest BCUT2D eigenvalue weighted by Crippen LogP contribution is 2.19. The predicted octanol–water partition coefficient (Wildman–Crippen LogP) is 1.39. The number of rotatable bonds is 3. The Kier molecular flexibility index (Phi) is 4.12. The van der Waals surface area contributed by atoms with Gasteiger partial charge in [-0.05, 0) is 18.2 Å². The van der Waals surface area contributed by atoms with Crippen LogP contribution in [0.4, 0.5) is 0 Å². The highest BCUT2D eigenvalue weighted by molar-refractivity contribution is 6.35.